The molecule has 2 N–H and O–H groups in total. The molecule has 0 bridgehead atoms. The van der Waals surface area contributed by atoms with Gasteiger partial charge in [-0.15, -0.1) is 0 Å². The fourth-order valence-electron chi connectivity index (χ4n) is 4.20. The second-order valence-corrected chi connectivity index (χ2v) is 8.49. The first-order valence-electron chi connectivity index (χ1n) is 11.8. The molecule has 0 saturated carbocycles. The number of benzene rings is 5. The van der Waals surface area contributed by atoms with Crippen LogP contribution in [0.25, 0.3) is 0 Å². The molecule has 0 aliphatic heterocycles. The minimum Gasteiger partial charge on any atom is -0.508 e. The van der Waals surface area contributed by atoms with E-state index in [9.17, 15) is 15.0 Å². The molecule has 5 heteroatoms. The lowest BCUT2D eigenvalue weighted by Gasteiger charge is -2.22. The SMILES string of the molecule is O=Cc1ccc(C(c2cc(Oc3ccccc3)ccc2O)c2cc(Oc3ccccc3)ccc2O)cc1. The second-order valence-electron chi connectivity index (χ2n) is 8.49. The zero-order valence-corrected chi connectivity index (χ0v) is 19.8. The summed E-state index contributed by atoms with van der Waals surface area (Å²) in [6, 6.07) is 35.8. The Balaban J connectivity index is 1.61. The zero-order chi connectivity index (χ0) is 25.6. The summed E-state index contributed by atoms with van der Waals surface area (Å²) >= 11 is 0. The van der Waals surface area contributed by atoms with Gasteiger partial charge < -0.3 is 19.7 Å². The van der Waals surface area contributed by atoms with Gasteiger partial charge in [-0.25, -0.2) is 0 Å². The number of hydrogen-bond acceptors (Lipinski definition) is 5. The maximum Gasteiger partial charge on any atom is 0.150 e. The van der Waals surface area contributed by atoms with E-state index < -0.39 is 5.92 Å². The van der Waals surface area contributed by atoms with Gasteiger partial charge >= 0.3 is 0 Å². The molecule has 5 nitrogen and oxygen atoms in total. The highest BCUT2D eigenvalue weighted by atomic mass is 16.5. The fourth-order valence-corrected chi connectivity index (χ4v) is 4.20. The Morgan fingerprint density at radius 2 is 1.00 bits per heavy atom. The minimum absolute atomic E-state index is 0.0404. The van der Waals surface area contributed by atoms with Crippen LogP contribution in [0.15, 0.2) is 121 Å². The van der Waals surface area contributed by atoms with Crippen molar-refractivity contribution in [2.24, 2.45) is 0 Å². The topological polar surface area (TPSA) is 76.0 Å². The smallest absolute Gasteiger partial charge is 0.150 e. The maximum absolute atomic E-state index is 11.3. The van der Waals surface area contributed by atoms with Crippen molar-refractivity contribution >= 4 is 6.29 Å². The summed E-state index contributed by atoms with van der Waals surface area (Å²) in [7, 11) is 0. The molecule has 0 radical (unpaired) electrons. The molecule has 0 atom stereocenters. The first-order chi connectivity index (χ1) is 18.1. The predicted octanol–water partition coefficient (Wildman–Crippen LogP) is 7.68. The molecule has 0 aliphatic rings. The van der Waals surface area contributed by atoms with Crippen LogP contribution < -0.4 is 9.47 Å². The Morgan fingerprint density at radius 1 is 0.541 bits per heavy atom. The Bertz CT molecular complexity index is 1410. The number of aldehydes is 1. The monoisotopic (exact) mass is 488 g/mol. The number of ether oxygens (including phenoxy) is 2. The summed E-state index contributed by atoms with van der Waals surface area (Å²) in [6.45, 7) is 0. The van der Waals surface area contributed by atoms with E-state index in [1.165, 1.54) is 0 Å². The lowest BCUT2D eigenvalue weighted by Crippen LogP contribution is -2.05. The molecule has 0 fully saturated rings. The van der Waals surface area contributed by atoms with E-state index in [1.54, 1.807) is 48.5 Å². The Hall–Kier alpha value is -5.03. The summed E-state index contributed by atoms with van der Waals surface area (Å²) in [5, 5.41) is 21.9. The van der Waals surface area contributed by atoms with Crippen LogP contribution in [0, 0.1) is 0 Å². The van der Waals surface area contributed by atoms with Gasteiger partial charge in [-0.1, -0.05) is 60.7 Å². The highest BCUT2D eigenvalue weighted by molar-refractivity contribution is 5.75. The lowest BCUT2D eigenvalue weighted by molar-refractivity contribution is 0.112. The molecular formula is C32H24O5. The zero-order valence-electron chi connectivity index (χ0n) is 19.8. The molecule has 0 aliphatic carbocycles. The lowest BCUT2D eigenvalue weighted by atomic mass is 9.83. The molecule has 37 heavy (non-hydrogen) atoms. The average Bonchev–Trinajstić information content (AvgIpc) is 2.94. The fraction of sp³-hybridized carbons (Fsp3) is 0.0312. The van der Waals surface area contributed by atoms with Crippen LogP contribution >= 0.6 is 0 Å². The molecule has 0 saturated heterocycles. The first-order valence-corrected chi connectivity index (χ1v) is 11.8. The third kappa shape index (κ3) is 5.46. The molecule has 5 aromatic rings. The number of rotatable bonds is 8. The summed E-state index contributed by atoms with van der Waals surface area (Å²) in [5.74, 6) is 1.88. The van der Waals surface area contributed by atoms with Crippen molar-refractivity contribution < 1.29 is 24.5 Å². The minimum atomic E-state index is -0.584. The number of aromatic hydroxyl groups is 2. The van der Waals surface area contributed by atoms with Crippen LogP contribution in [0.5, 0.6) is 34.5 Å². The van der Waals surface area contributed by atoms with E-state index in [0.717, 1.165) is 11.8 Å². The highest BCUT2D eigenvalue weighted by Crippen LogP contribution is 2.43. The molecule has 5 aromatic carbocycles. The molecule has 5 rings (SSSR count). The molecule has 182 valence electrons. The average molecular weight is 489 g/mol. The van der Waals surface area contributed by atoms with Gasteiger partial charge in [0.15, 0.2) is 0 Å². The summed E-state index contributed by atoms with van der Waals surface area (Å²) < 4.78 is 12.0. The normalized spacial score (nSPS) is 10.7. The molecular weight excluding hydrogens is 464 g/mol. The van der Waals surface area contributed by atoms with Crippen molar-refractivity contribution in [1.29, 1.82) is 0 Å². The summed E-state index contributed by atoms with van der Waals surface area (Å²) in [4.78, 5) is 11.3. The van der Waals surface area contributed by atoms with E-state index >= 15 is 0 Å². The van der Waals surface area contributed by atoms with Crippen LogP contribution in [0.3, 0.4) is 0 Å². The van der Waals surface area contributed by atoms with Gasteiger partial charge in [0, 0.05) is 22.6 Å². The van der Waals surface area contributed by atoms with Gasteiger partial charge in [-0.2, -0.15) is 0 Å². The maximum atomic E-state index is 11.3. The standard InChI is InChI=1S/C32H24O5/c33-21-22-11-13-23(14-12-22)32(28-19-26(15-17-30(28)34)36-24-7-3-1-4-8-24)29-20-27(16-18-31(29)35)37-25-9-5-2-6-10-25/h1-21,32,34-35H. The van der Waals surface area contributed by atoms with E-state index in [0.29, 0.717) is 39.7 Å². The predicted molar refractivity (Wildman–Crippen MR) is 142 cm³/mol. The van der Waals surface area contributed by atoms with Crippen molar-refractivity contribution in [3.05, 3.63) is 144 Å². The molecule has 0 unspecified atom stereocenters. The number of phenols is 2. The highest BCUT2D eigenvalue weighted by Gasteiger charge is 2.24. The van der Waals surface area contributed by atoms with Gasteiger partial charge in [0.25, 0.3) is 0 Å². The van der Waals surface area contributed by atoms with Gasteiger partial charge in [0.1, 0.15) is 40.8 Å². The summed E-state index contributed by atoms with van der Waals surface area (Å²) in [6.07, 6.45) is 0.774. The third-order valence-electron chi connectivity index (χ3n) is 5.98. The van der Waals surface area contributed by atoms with Crippen molar-refractivity contribution in [3.8, 4) is 34.5 Å². The largest absolute Gasteiger partial charge is 0.508 e. The van der Waals surface area contributed by atoms with Crippen LogP contribution in [-0.2, 0) is 0 Å². The van der Waals surface area contributed by atoms with Gasteiger partial charge in [0.05, 0.1) is 0 Å². The van der Waals surface area contributed by atoms with Crippen LogP contribution in [0.1, 0.15) is 33.0 Å². The first kappa shape index (κ1) is 23.7. The van der Waals surface area contributed by atoms with Crippen molar-refractivity contribution in [1.82, 2.24) is 0 Å². The molecule has 0 spiro atoms. The second kappa shape index (κ2) is 10.7. The van der Waals surface area contributed by atoms with Gasteiger partial charge in [-0.05, 0) is 66.2 Å². The molecule has 0 amide bonds. The van der Waals surface area contributed by atoms with Crippen LogP contribution in [0.2, 0.25) is 0 Å². The molecule has 0 heterocycles. The number of phenolic OH excluding ortho intramolecular Hbond substituents is 2. The van der Waals surface area contributed by atoms with E-state index in [2.05, 4.69) is 0 Å². The Kier molecular flexibility index (Phi) is 6.86. The van der Waals surface area contributed by atoms with Crippen molar-refractivity contribution in [2.45, 2.75) is 5.92 Å². The van der Waals surface area contributed by atoms with E-state index in [-0.39, 0.29) is 11.5 Å². The van der Waals surface area contributed by atoms with E-state index in [1.807, 2.05) is 72.8 Å². The number of para-hydroxylation sites is 2. The number of carbonyl (C=O) groups is 1. The third-order valence-corrected chi connectivity index (χ3v) is 5.98. The molecule has 0 aromatic heterocycles. The van der Waals surface area contributed by atoms with Crippen LogP contribution in [-0.4, -0.2) is 16.5 Å². The Morgan fingerprint density at radius 3 is 1.43 bits per heavy atom. The van der Waals surface area contributed by atoms with E-state index in [4.69, 9.17) is 9.47 Å². The Labute approximate surface area is 214 Å². The van der Waals surface area contributed by atoms with Gasteiger partial charge in [-0.3, -0.25) is 4.79 Å². The van der Waals surface area contributed by atoms with Crippen molar-refractivity contribution in [2.75, 3.05) is 0 Å². The number of hydrogen-bond donors (Lipinski definition) is 2. The van der Waals surface area contributed by atoms with Crippen molar-refractivity contribution in [3.63, 3.8) is 0 Å². The van der Waals surface area contributed by atoms with Gasteiger partial charge in [0.2, 0.25) is 0 Å². The number of carbonyl (C=O) groups excluding carboxylic acids is 1. The van der Waals surface area contributed by atoms with Crippen LogP contribution in [0.4, 0.5) is 0 Å². The quantitative estimate of drug-likeness (QED) is 0.173. The summed E-state index contributed by atoms with van der Waals surface area (Å²) in [5.41, 5.74) is 2.35.